The van der Waals surface area contributed by atoms with Crippen LogP contribution in [0.2, 0.25) is 0 Å². The Labute approximate surface area is 117 Å². The van der Waals surface area contributed by atoms with Gasteiger partial charge in [0.15, 0.2) is 0 Å². The number of fused-ring (bicyclic) bond motifs is 1. The monoisotopic (exact) mass is 274 g/mol. The average Bonchev–Trinajstić information content (AvgIpc) is 2.80. The van der Waals surface area contributed by atoms with Crippen molar-refractivity contribution in [2.24, 2.45) is 0 Å². The molecule has 2 fully saturated rings. The number of amides is 3. The first-order valence-electron chi connectivity index (χ1n) is 6.84. The zero-order valence-electron chi connectivity index (χ0n) is 11.2. The van der Waals surface area contributed by atoms with Crippen molar-refractivity contribution in [1.82, 2.24) is 9.80 Å². The second-order valence-corrected chi connectivity index (χ2v) is 5.28. The predicted octanol–water partition coefficient (Wildman–Crippen LogP) is 1.11. The van der Waals surface area contributed by atoms with Crippen LogP contribution in [-0.4, -0.2) is 47.4 Å². The van der Waals surface area contributed by atoms with Crippen LogP contribution >= 0.6 is 0 Å². The quantitative estimate of drug-likeness (QED) is 0.753. The summed E-state index contributed by atoms with van der Waals surface area (Å²) in [6.45, 7) is 1.82. The molecule has 1 aromatic carbocycles. The van der Waals surface area contributed by atoms with E-state index in [1.54, 1.807) is 23.1 Å². The Bertz CT molecular complexity index is 546. The van der Waals surface area contributed by atoms with Crippen molar-refractivity contribution in [1.29, 1.82) is 0 Å². The molecular weight excluding hydrogens is 256 g/mol. The fourth-order valence-corrected chi connectivity index (χ4v) is 2.87. The van der Waals surface area contributed by atoms with Crippen LogP contribution in [0.4, 0.5) is 16.2 Å². The molecule has 6 heteroatoms. The fourth-order valence-electron chi connectivity index (χ4n) is 2.87. The minimum Gasteiger partial charge on any atom is -0.399 e. The van der Waals surface area contributed by atoms with Crippen molar-refractivity contribution in [2.45, 2.75) is 18.9 Å². The molecule has 2 aliphatic heterocycles. The molecule has 0 saturated carbocycles. The first-order valence-corrected chi connectivity index (χ1v) is 6.84. The van der Waals surface area contributed by atoms with Crippen molar-refractivity contribution >= 4 is 23.3 Å². The van der Waals surface area contributed by atoms with Crippen molar-refractivity contribution < 1.29 is 9.59 Å². The summed E-state index contributed by atoms with van der Waals surface area (Å²) in [7, 11) is 0. The average molecular weight is 274 g/mol. The number of hydrogen-bond donors (Lipinski definition) is 2. The summed E-state index contributed by atoms with van der Waals surface area (Å²) in [6, 6.07) is 7.17. The number of nitrogens with one attached hydrogen (secondary N) is 1. The number of carbonyl (C=O) groups is 2. The maximum Gasteiger partial charge on any atom is 0.321 e. The van der Waals surface area contributed by atoms with Crippen LogP contribution in [0.25, 0.3) is 0 Å². The van der Waals surface area contributed by atoms with Crippen molar-refractivity contribution in [2.75, 3.05) is 30.7 Å². The van der Waals surface area contributed by atoms with Crippen molar-refractivity contribution in [3.05, 3.63) is 24.3 Å². The molecule has 1 aromatic rings. The Morgan fingerprint density at radius 3 is 3.00 bits per heavy atom. The van der Waals surface area contributed by atoms with Gasteiger partial charge in [0.05, 0.1) is 0 Å². The highest BCUT2D eigenvalue weighted by Gasteiger charge is 2.36. The lowest BCUT2D eigenvalue weighted by Gasteiger charge is -2.37. The molecule has 2 aliphatic rings. The molecule has 6 nitrogen and oxygen atoms in total. The number of rotatable bonds is 1. The number of carbonyl (C=O) groups excluding carboxylic acids is 2. The number of nitrogens with zero attached hydrogens (tertiary/aromatic N) is 2. The van der Waals surface area contributed by atoms with Gasteiger partial charge in [-0.1, -0.05) is 6.07 Å². The molecule has 2 heterocycles. The van der Waals surface area contributed by atoms with E-state index in [4.69, 9.17) is 5.73 Å². The minimum absolute atomic E-state index is 0.130. The van der Waals surface area contributed by atoms with E-state index < -0.39 is 0 Å². The summed E-state index contributed by atoms with van der Waals surface area (Å²) in [6.07, 6.45) is 1.45. The molecule has 0 spiro atoms. The number of piperazine rings is 1. The molecule has 1 atom stereocenters. The molecule has 3 amide bonds. The highest BCUT2D eigenvalue weighted by Crippen LogP contribution is 2.23. The molecule has 0 bridgehead atoms. The third-order valence-electron chi connectivity index (χ3n) is 3.92. The van der Waals surface area contributed by atoms with Crippen LogP contribution in [-0.2, 0) is 4.79 Å². The van der Waals surface area contributed by atoms with Gasteiger partial charge in [0.2, 0.25) is 5.91 Å². The Morgan fingerprint density at radius 2 is 2.20 bits per heavy atom. The van der Waals surface area contributed by atoms with Crippen LogP contribution in [0.3, 0.4) is 0 Å². The smallest absolute Gasteiger partial charge is 0.321 e. The second kappa shape index (κ2) is 5.03. The molecule has 3 rings (SSSR count). The molecular formula is C14H18N4O2. The minimum atomic E-state index is -0.130. The van der Waals surface area contributed by atoms with E-state index in [9.17, 15) is 9.59 Å². The predicted molar refractivity (Wildman–Crippen MR) is 76.2 cm³/mol. The van der Waals surface area contributed by atoms with Gasteiger partial charge in [-0.3, -0.25) is 4.79 Å². The molecule has 3 N–H and O–H groups in total. The molecule has 0 radical (unpaired) electrons. The van der Waals surface area contributed by atoms with Gasteiger partial charge in [-0.2, -0.15) is 0 Å². The van der Waals surface area contributed by atoms with E-state index in [1.165, 1.54) is 0 Å². The topological polar surface area (TPSA) is 78.7 Å². The van der Waals surface area contributed by atoms with Gasteiger partial charge in [0, 0.05) is 43.5 Å². The van der Waals surface area contributed by atoms with Gasteiger partial charge in [0.25, 0.3) is 0 Å². The van der Waals surface area contributed by atoms with E-state index in [2.05, 4.69) is 5.32 Å². The Balaban J connectivity index is 1.62. The zero-order chi connectivity index (χ0) is 14.1. The summed E-state index contributed by atoms with van der Waals surface area (Å²) in [5.74, 6) is 0.214. The Morgan fingerprint density at radius 1 is 1.35 bits per heavy atom. The summed E-state index contributed by atoms with van der Waals surface area (Å²) in [5.41, 5.74) is 7.00. The zero-order valence-corrected chi connectivity index (χ0v) is 11.2. The number of urea groups is 1. The van der Waals surface area contributed by atoms with E-state index >= 15 is 0 Å². The third-order valence-corrected chi connectivity index (χ3v) is 3.92. The summed E-state index contributed by atoms with van der Waals surface area (Å²) >= 11 is 0. The number of nitrogens with two attached hydrogens (primary N) is 1. The lowest BCUT2D eigenvalue weighted by molar-refractivity contribution is -0.130. The van der Waals surface area contributed by atoms with Gasteiger partial charge < -0.3 is 20.9 Å². The Hall–Kier alpha value is -2.24. The maximum atomic E-state index is 12.2. The third kappa shape index (κ3) is 2.41. The van der Waals surface area contributed by atoms with E-state index in [0.29, 0.717) is 37.4 Å². The van der Waals surface area contributed by atoms with Gasteiger partial charge in [-0.25, -0.2) is 4.79 Å². The maximum absolute atomic E-state index is 12.2. The van der Waals surface area contributed by atoms with Crippen molar-refractivity contribution in [3.8, 4) is 0 Å². The highest BCUT2D eigenvalue weighted by atomic mass is 16.2. The van der Waals surface area contributed by atoms with E-state index in [-0.39, 0.29) is 18.0 Å². The van der Waals surface area contributed by atoms with Gasteiger partial charge >= 0.3 is 6.03 Å². The van der Waals surface area contributed by atoms with Gasteiger partial charge in [0.1, 0.15) is 0 Å². The number of anilines is 2. The molecule has 0 aliphatic carbocycles. The van der Waals surface area contributed by atoms with Crippen molar-refractivity contribution in [3.63, 3.8) is 0 Å². The van der Waals surface area contributed by atoms with Crippen LogP contribution < -0.4 is 11.1 Å². The number of benzene rings is 1. The van der Waals surface area contributed by atoms with Crippen LogP contribution in [0.15, 0.2) is 24.3 Å². The molecule has 2 saturated heterocycles. The lowest BCUT2D eigenvalue weighted by Crippen LogP contribution is -2.54. The first-order chi connectivity index (χ1) is 9.63. The van der Waals surface area contributed by atoms with E-state index in [1.807, 2.05) is 11.0 Å². The second-order valence-electron chi connectivity index (χ2n) is 5.28. The van der Waals surface area contributed by atoms with Crippen LogP contribution in [0.1, 0.15) is 12.8 Å². The first kappa shape index (κ1) is 12.8. The number of hydrogen-bond acceptors (Lipinski definition) is 3. The highest BCUT2D eigenvalue weighted by molar-refractivity contribution is 5.90. The molecule has 0 aromatic heterocycles. The molecule has 106 valence electrons. The van der Waals surface area contributed by atoms with Gasteiger partial charge in [-0.05, 0) is 24.6 Å². The van der Waals surface area contributed by atoms with Gasteiger partial charge in [-0.15, -0.1) is 0 Å². The lowest BCUT2D eigenvalue weighted by atomic mass is 10.1. The SMILES string of the molecule is Nc1cccc(NC(=O)N2CCN3C(=O)CCC3C2)c1. The Kier molecular flexibility index (Phi) is 3.22. The summed E-state index contributed by atoms with van der Waals surface area (Å²) < 4.78 is 0. The number of nitrogen functional groups attached to an aromatic ring is 1. The summed E-state index contributed by atoms with van der Waals surface area (Å²) in [5, 5.41) is 2.85. The normalized spacial score (nSPS) is 21.8. The van der Waals surface area contributed by atoms with Crippen LogP contribution in [0, 0.1) is 0 Å². The molecule has 20 heavy (non-hydrogen) atoms. The largest absolute Gasteiger partial charge is 0.399 e. The van der Waals surface area contributed by atoms with E-state index in [0.717, 1.165) is 6.42 Å². The summed E-state index contributed by atoms with van der Waals surface area (Å²) in [4.78, 5) is 27.5. The fraction of sp³-hybridized carbons (Fsp3) is 0.429. The molecule has 1 unspecified atom stereocenters. The van der Waals surface area contributed by atoms with Crippen LogP contribution in [0.5, 0.6) is 0 Å². The standard InChI is InChI=1S/C14H18N4O2/c15-10-2-1-3-11(8-10)16-14(20)17-6-7-18-12(9-17)4-5-13(18)19/h1-3,8,12H,4-7,9,15H2,(H,16,20).